The molecule has 0 aromatic heterocycles. The first-order chi connectivity index (χ1) is 11.2. The van der Waals surface area contributed by atoms with Gasteiger partial charge < -0.3 is 0 Å². The second kappa shape index (κ2) is 5.73. The van der Waals surface area contributed by atoms with Crippen LogP contribution in [0.15, 0.2) is 64.6 Å². The third-order valence-corrected chi connectivity index (χ3v) is 6.64. The highest BCUT2D eigenvalue weighted by atomic mass is 32.2. The van der Waals surface area contributed by atoms with Crippen molar-refractivity contribution in [2.24, 2.45) is 5.10 Å². The van der Waals surface area contributed by atoms with Gasteiger partial charge in [-0.25, -0.2) is 5.01 Å². The van der Waals surface area contributed by atoms with Crippen molar-refractivity contribution >= 4 is 34.5 Å². The summed E-state index contributed by atoms with van der Waals surface area (Å²) < 4.78 is 0. The summed E-state index contributed by atoms with van der Waals surface area (Å²) >= 11 is 3.57. The summed E-state index contributed by atoms with van der Waals surface area (Å²) in [4.78, 5) is 13.2. The molecule has 0 radical (unpaired) electrons. The first-order valence-corrected chi connectivity index (χ1v) is 9.37. The van der Waals surface area contributed by atoms with E-state index in [1.54, 1.807) is 23.7 Å². The average molecular weight is 340 g/mol. The molecular formula is C18H16N2OS2. The first-order valence-electron chi connectivity index (χ1n) is 7.57. The quantitative estimate of drug-likeness (QED) is 0.776. The van der Waals surface area contributed by atoms with Crippen LogP contribution in [-0.2, 0) is 9.67 Å². The number of benzene rings is 2. The van der Waals surface area contributed by atoms with E-state index in [1.165, 1.54) is 10.5 Å². The molecule has 0 N–H and O–H groups in total. The lowest BCUT2D eigenvalue weighted by Crippen LogP contribution is -2.42. The minimum atomic E-state index is -0.404. The van der Waals surface area contributed by atoms with Gasteiger partial charge in [-0.05, 0) is 12.5 Å². The van der Waals surface area contributed by atoms with Crippen LogP contribution in [0.1, 0.15) is 24.5 Å². The molecule has 0 fully saturated rings. The van der Waals surface area contributed by atoms with Crippen molar-refractivity contribution in [1.82, 2.24) is 5.01 Å². The molecule has 2 aliphatic rings. The Morgan fingerprint density at radius 1 is 1.13 bits per heavy atom. The lowest BCUT2D eigenvalue weighted by Gasteiger charge is -2.39. The van der Waals surface area contributed by atoms with Crippen LogP contribution in [0.5, 0.6) is 0 Å². The van der Waals surface area contributed by atoms with E-state index in [2.05, 4.69) is 23.3 Å². The third kappa shape index (κ3) is 2.39. The van der Waals surface area contributed by atoms with Crippen molar-refractivity contribution in [3.8, 4) is 0 Å². The topological polar surface area (TPSA) is 32.7 Å². The Labute approximate surface area is 144 Å². The molecule has 4 rings (SSSR count). The Bertz CT molecular complexity index is 791. The molecule has 1 unspecified atom stereocenters. The largest absolute Gasteiger partial charge is 0.273 e. The van der Waals surface area contributed by atoms with Gasteiger partial charge >= 0.3 is 0 Å². The smallest absolute Gasteiger partial charge is 0.241 e. The Balaban J connectivity index is 1.83. The zero-order valence-corrected chi connectivity index (χ0v) is 14.4. The highest BCUT2D eigenvalue weighted by Crippen LogP contribution is 2.55. The molecule has 2 heterocycles. The van der Waals surface area contributed by atoms with Gasteiger partial charge in [0.2, 0.25) is 5.91 Å². The van der Waals surface area contributed by atoms with Gasteiger partial charge in [0.15, 0.2) is 0 Å². The summed E-state index contributed by atoms with van der Waals surface area (Å²) in [6, 6.07) is 18.5. The monoisotopic (exact) mass is 340 g/mol. The SMILES string of the molecule is CC(=O)N1N=C(c2ccccc2)SC12CCSc1ccccc12. The zero-order chi connectivity index (χ0) is 15.9. The molecule has 0 aliphatic carbocycles. The second-order valence-corrected chi connectivity index (χ2v) is 7.99. The Kier molecular flexibility index (Phi) is 3.70. The van der Waals surface area contributed by atoms with E-state index in [0.29, 0.717) is 0 Å². The van der Waals surface area contributed by atoms with Crippen LogP contribution in [0.2, 0.25) is 0 Å². The number of thioether (sulfide) groups is 2. The first kappa shape index (κ1) is 14.8. The molecule has 5 heteroatoms. The van der Waals surface area contributed by atoms with Gasteiger partial charge in [-0.2, -0.15) is 5.10 Å². The van der Waals surface area contributed by atoms with Gasteiger partial charge in [-0.15, -0.1) is 11.8 Å². The Morgan fingerprint density at radius 3 is 2.65 bits per heavy atom. The summed E-state index contributed by atoms with van der Waals surface area (Å²) in [5.74, 6) is 0.982. The van der Waals surface area contributed by atoms with Crippen molar-refractivity contribution < 1.29 is 4.79 Å². The van der Waals surface area contributed by atoms with E-state index in [0.717, 1.165) is 22.8 Å². The number of hydrogen-bond donors (Lipinski definition) is 0. The van der Waals surface area contributed by atoms with Crippen LogP contribution in [0.3, 0.4) is 0 Å². The predicted octanol–water partition coefficient (Wildman–Crippen LogP) is 4.29. The number of hydrogen-bond acceptors (Lipinski definition) is 4. The van der Waals surface area contributed by atoms with Gasteiger partial charge in [-0.3, -0.25) is 4.79 Å². The fraction of sp³-hybridized carbons (Fsp3) is 0.222. The van der Waals surface area contributed by atoms with Gasteiger partial charge in [-0.1, -0.05) is 60.3 Å². The molecule has 116 valence electrons. The lowest BCUT2D eigenvalue weighted by atomic mass is 10.0. The van der Waals surface area contributed by atoms with Crippen LogP contribution in [0, 0.1) is 0 Å². The molecule has 3 nitrogen and oxygen atoms in total. The van der Waals surface area contributed by atoms with Crippen molar-refractivity contribution in [3.63, 3.8) is 0 Å². The molecule has 0 saturated heterocycles. The molecule has 2 aromatic rings. The Morgan fingerprint density at radius 2 is 1.87 bits per heavy atom. The van der Waals surface area contributed by atoms with Crippen molar-refractivity contribution in [2.45, 2.75) is 23.1 Å². The zero-order valence-electron chi connectivity index (χ0n) is 12.7. The van der Waals surface area contributed by atoms with E-state index in [9.17, 15) is 4.79 Å². The number of fused-ring (bicyclic) bond motifs is 2. The summed E-state index contributed by atoms with van der Waals surface area (Å²) in [5, 5.41) is 7.30. The van der Waals surface area contributed by atoms with Gasteiger partial charge in [0.1, 0.15) is 9.91 Å². The van der Waals surface area contributed by atoms with Crippen LogP contribution in [0.4, 0.5) is 0 Å². The van der Waals surface area contributed by atoms with Crippen molar-refractivity contribution in [2.75, 3.05) is 5.75 Å². The van der Waals surface area contributed by atoms with E-state index in [1.807, 2.05) is 48.2 Å². The number of nitrogens with zero attached hydrogens (tertiary/aromatic N) is 2. The normalized spacial score (nSPS) is 22.8. The van der Waals surface area contributed by atoms with E-state index in [4.69, 9.17) is 0 Å². The fourth-order valence-corrected chi connectivity index (χ4v) is 5.92. The molecule has 1 amide bonds. The predicted molar refractivity (Wildman–Crippen MR) is 96.6 cm³/mol. The van der Waals surface area contributed by atoms with Crippen molar-refractivity contribution in [3.05, 3.63) is 65.7 Å². The maximum atomic E-state index is 12.3. The van der Waals surface area contributed by atoms with Gasteiger partial charge in [0, 0.05) is 28.7 Å². The van der Waals surface area contributed by atoms with Crippen LogP contribution in [0.25, 0.3) is 0 Å². The molecule has 0 bridgehead atoms. The molecule has 2 aromatic carbocycles. The van der Waals surface area contributed by atoms with Crippen molar-refractivity contribution in [1.29, 1.82) is 0 Å². The van der Waals surface area contributed by atoms with Gasteiger partial charge in [0.05, 0.1) is 0 Å². The van der Waals surface area contributed by atoms with Crippen LogP contribution in [-0.4, -0.2) is 21.7 Å². The van der Waals surface area contributed by atoms with E-state index >= 15 is 0 Å². The molecule has 1 spiro atoms. The number of rotatable bonds is 1. The number of amides is 1. The molecule has 23 heavy (non-hydrogen) atoms. The highest BCUT2D eigenvalue weighted by Gasteiger charge is 2.49. The second-order valence-electron chi connectivity index (χ2n) is 5.58. The van der Waals surface area contributed by atoms with Gasteiger partial charge in [0.25, 0.3) is 0 Å². The maximum absolute atomic E-state index is 12.3. The van der Waals surface area contributed by atoms with Crippen LogP contribution < -0.4 is 0 Å². The average Bonchev–Trinajstić information content (AvgIpc) is 2.97. The highest BCUT2D eigenvalue weighted by molar-refractivity contribution is 8.15. The maximum Gasteiger partial charge on any atom is 0.241 e. The number of carbonyl (C=O) groups excluding carboxylic acids is 1. The number of hydrazone groups is 1. The van der Waals surface area contributed by atoms with Crippen LogP contribution >= 0.6 is 23.5 Å². The van der Waals surface area contributed by atoms with E-state index in [-0.39, 0.29) is 5.91 Å². The summed E-state index contributed by atoms with van der Waals surface area (Å²) in [5.41, 5.74) is 2.27. The summed E-state index contributed by atoms with van der Waals surface area (Å²) in [7, 11) is 0. The number of carbonyl (C=O) groups is 1. The fourth-order valence-electron chi connectivity index (χ4n) is 3.09. The lowest BCUT2D eigenvalue weighted by molar-refractivity contribution is -0.132. The Hall–Kier alpha value is -1.72. The minimum Gasteiger partial charge on any atom is -0.273 e. The molecule has 0 saturated carbocycles. The standard InChI is InChI=1S/C18H16N2OS2/c1-13(21)20-18(11-12-22-16-10-6-5-9-15(16)18)23-17(19-20)14-7-3-2-4-8-14/h2-10H,11-12H2,1H3. The minimum absolute atomic E-state index is 0.00914. The third-order valence-electron chi connectivity index (χ3n) is 4.12. The summed E-state index contributed by atoms with van der Waals surface area (Å²) in [6.07, 6.45) is 0.902. The molecular weight excluding hydrogens is 324 g/mol. The van der Waals surface area contributed by atoms with E-state index < -0.39 is 4.87 Å². The molecule has 1 atom stereocenters. The molecule has 2 aliphatic heterocycles. The summed E-state index contributed by atoms with van der Waals surface area (Å²) in [6.45, 7) is 1.60.